The maximum absolute atomic E-state index is 10.8. The number of carbonyl (C=O) groups is 1. The molecule has 2 aromatic rings. The zero-order valence-corrected chi connectivity index (χ0v) is 10.8. The SMILES string of the molecule is COC(=O)N/N=C/c1ccc(-c2cccc(Cl)c2)o1. The van der Waals surface area contributed by atoms with Gasteiger partial charge in [0.2, 0.25) is 0 Å². The van der Waals surface area contributed by atoms with Gasteiger partial charge in [-0.2, -0.15) is 5.10 Å². The molecule has 0 aliphatic rings. The molecule has 1 amide bonds. The molecule has 0 aliphatic carbocycles. The molecule has 0 spiro atoms. The lowest BCUT2D eigenvalue weighted by molar-refractivity contribution is 0.171. The summed E-state index contributed by atoms with van der Waals surface area (Å²) in [6.45, 7) is 0. The molecule has 0 aliphatic heterocycles. The lowest BCUT2D eigenvalue weighted by atomic mass is 10.2. The number of carbonyl (C=O) groups excluding carboxylic acids is 1. The monoisotopic (exact) mass is 278 g/mol. The number of halogens is 1. The second kappa shape index (κ2) is 6.06. The Morgan fingerprint density at radius 2 is 2.26 bits per heavy atom. The Bertz CT molecular complexity index is 607. The first-order valence-corrected chi connectivity index (χ1v) is 5.79. The Kier molecular flexibility index (Phi) is 4.20. The highest BCUT2D eigenvalue weighted by atomic mass is 35.5. The fourth-order valence-electron chi connectivity index (χ4n) is 1.41. The average molecular weight is 279 g/mol. The predicted molar refractivity (Wildman–Crippen MR) is 72.3 cm³/mol. The van der Waals surface area contributed by atoms with E-state index in [-0.39, 0.29) is 0 Å². The first kappa shape index (κ1) is 13.2. The molecule has 5 nitrogen and oxygen atoms in total. The van der Waals surface area contributed by atoms with E-state index in [9.17, 15) is 4.79 Å². The number of hydrazone groups is 1. The summed E-state index contributed by atoms with van der Waals surface area (Å²) in [6.07, 6.45) is 0.739. The zero-order chi connectivity index (χ0) is 13.7. The lowest BCUT2D eigenvalue weighted by Gasteiger charge is -1.97. The molecule has 19 heavy (non-hydrogen) atoms. The van der Waals surface area contributed by atoms with Crippen molar-refractivity contribution in [3.05, 3.63) is 47.2 Å². The van der Waals surface area contributed by atoms with E-state index >= 15 is 0 Å². The van der Waals surface area contributed by atoms with E-state index in [1.54, 1.807) is 24.3 Å². The van der Waals surface area contributed by atoms with Crippen LogP contribution in [0.15, 0.2) is 45.9 Å². The zero-order valence-electron chi connectivity index (χ0n) is 10.1. The topological polar surface area (TPSA) is 63.8 Å². The third kappa shape index (κ3) is 3.59. The van der Waals surface area contributed by atoms with Crippen molar-refractivity contribution < 1.29 is 13.9 Å². The van der Waals surface area contributed by atoms with Crippen molar-refractivity contribution in [2.75, 3.05) is 7.11 Å². The van der Waals surface area contributed by atoms with Gasteiger partial charge in [-0.15, -0.1) is 0 Å². The molecular weight excluding hydrogens is 268 g/mol. The molecule has 0 saturated heterocycles. The van der Waals surface area contributed by atoms with E-state index in [2.05, 4.69) is 15.3 Å². The predicted octanol–water partition coefficient (Wildman–Crippen LogP) is 3.29. The minimum absolute atomic E-state index is 0.506. The lowest BCUT2D eigenvalue weighted by Crippen LogP contribution is -2.16. The minimum atomic E-state index is -0.641. The molecule has 0 radical (unpaired) electrons. The van der Waals surface area contributed by atoms with Gasteiger partial charge < -0.3 is 9.15 Å². The smallest absolute Gasteiger partial charge is 0.427 e. The highest BCUT2D eigenvalue weighted by Gasteiger charge is 2.04. The van der Waals surface area contributed by atoms with Crippen LogP contribution in [-0.2, 0) is 4.74 Å². The Morgan fingerprint density at radius 3 is 3.00 bits per heavy atom. The van der Waals surface area contributed by atoms with E-state index in [0.29, 0.717) is 16.5 Å². The van der Waals surface area contributed by atoms with Gasteiger partial charge in [-0.3, -0.25) is 0 Å². The van der Waals surface area contributed by atoms with Crippen molar-refractivity contribution in [1.29, 1.82) is 0 Å². The quantitative estimate of drug-likeness (QED) is 0.692. The minimum Gasteiger partial charge on any atom is -0.455 e. The molecular formula is C13H11ClN2O3. The highest BCUT2D eigenvalue weighted by molar-refractivity contribution is 6.30. The number of nitrogens with zero attached hydrogens (tertiary/aromatic N) is 1. The number of furan rings is 1. The Morgan fingerprint density at radius 1 is 1.42 bits per heavy atom. The molecule has 1 aromatic carbocycles. The van der Waals surface area contributed by atoms with Crippen molar-refractivity contribution in [1.82, 2.24) is 5.43 Å². The van der Waals surface area contributed by atoms with Crippen LogP contribution in [0, 0.1) is 0 Å². The fraction of sp³-hybridized carbons (Fsp3) is 0.0769. The number of amides is 1. The number of nitrogens with one attached hydrogen (secondary N) is 1. The Labute approximate surface area is 114 Å². The third-order valence-corrected chi connectivity index (χ3v) is 2.50. The largest absolute Gasteiger partial charge is 0.455 e. The van der Waals surface area contributed by atoms with Crippen molar-refractivity contribution in [2.24, 2.45) is 5.10 Å². The number of methoxy groups -OCH3 is 1. The van der Waals surface area contributed by atoms with Crippen LogP contribution in [0.1, 0.15) is 5.76 Å². The van der Waals surface area contributed by atoms with Gasteiger partial charge in [-0.25, -0.2) is 10.2 Å². The van der Waals surface area contributed by atoms with Crippen molar-refractivity contribution in [2.45, 2.75) is 0 Å². The third-order valence-electron chi connectivity index (χ3n) is 2.27. The molecule has 1 heterocycles. The van der Waals surface area contributed by atoms with Crippen molar-refractivity contribution in [3.63, 3.8) is 0 Å². The molecule has 0 saturated carbocycles. The molecule has 1 aromatic heterocycles. The summed E-state index contributed by atoms with van der Waals surface area (Å²) in [5.74, 6) is 1.17. The number of ether oxygens (including phenoxy) is 1. The summed E-state index contributed by atoms with van der Waals surface area (Å²) >= 11 is 5.91. The summed E-state index contributed by atoms with van der Waals surface area (Å²) in [5.41, 5.74) is 3.03. The van der Waals surface area contributed by atoms with E-state index in [1.807, 2.05) is 12.1 Å². The maximum atomic E-state index is 10.8. The van der Waals surface area contributed by atoms with Gasteiger partial charge in [0.1, 0.15) is 11.5 Å². The van der Waals surface area contributed by atoms with Crippen LogP contribution in [0.2, 0.25) is 5.02 Å². The van der Waals surface area contributed by atoms with E-state index < -0.39 is 6.09 Å². The van der Waals surface area contributed by atoms with Gasteiger partial charge in [0.25, 0.3) is 0 Å². The number of benzene rings is 1. The van der Waals surface area contributed by atoms with Crippen LogP contribution in [0.5, 0.6) is 0 Å². The number of rotatable bonds is 3. The van der Waals surface area contributed by atoms with Crippen LogP contribution < -0.4 is 5.43 Å². The van der Waals surface area contributed by atoms with Crippen molar-refractivity contribution in [3.8, 4) is 11.3 Å². The summed E-state index contributed by atoms with van der Waals surface area (Å²) in [4.78, 5) is 10.8. The van der Waals surface area contributed by atoms with Crippen LogP contribution >= 0.6 is 11.6 Å². The highest BCUT2D eigenvalue weighted by Crippen LogP contribution is 2.24. The van der Waals surface area contributed by atoms with Crippen LogP contribution in [0.25, 0.3) is 11.3 Å². The molecule has 1 N–H and O–H groups in total. The second-order valence-electron chi connectivity index (χ2n) is 3.57. The van der Waals surface area contributed by atoms with Crippen LogP contribution in [0.4, 0.5) is 4.79 Å². The number of hydrogen-bond acceptors (Lipinski definition) is 4. The maximum Gasteiger partial charge on any atom is 0.427 e. The van der Waals surface area contributed by atoms with E-state index in [4.69, 9.17) is 16.0 Å². The van der Waals surface area contributed by atoms with Gasteiger partial charge >= 0.3 is 6.09 Å². The molecule has 98 valence electrons. The normalized spacial score (nSPS) is 10.6. The molecule has 2 rings (SSSR count). The second-order valence-corrected chi connectivity index (χ2v) is 4.01. The van der Waals surface area contributed by atoms with Gasteiger partial charge in [0.15, 0.2) is 0 Å². The summed E-state index contributed by atoms with van der Waals surface area (Å²) < 4.78 is 9.91. The van der Waals surface area contributed by atoms with E-state index in [0.717, 1.165) is 5.56 Å². The van der Waals surface area contributed by atoms with Crippen molar-refractivity contribution >= 4 is 23.9 Å². The molecule has 0 fully saturated rings. The summed E-state index contributed by atoms with van der Waals surface area (Å²) in [6, 6.07) is 10.8. The fourth-order valence-corrected chi connectivity index (χ4v) is 1.60. The van der Waals surface area contributed by atoms with Gasteiger partial charge in [0, 0.05) is 10.6 Å². The average Bonchev–Trinajstić information content (AvgIpc) is 2.87. The van der Waals surface area contributed by atoms with Gasteiger partial charge in [0.05, 0.1) is 13.3 Å². The molecule has 0 unspecified atom stereocenters. The first-order valence-electron chi connectivity index (χ1n) is 5.42. The standard InChI is InChI=1S/C13H11ClN2O3/c1-18-13(17)16-15-8-11-5-6-12(19-11)9-3-2-4-10(14)7-9/h2-8H,1H3,(H,16,17)/b15-8+. The van der Waals surface area contributed by atoms with Gasteiger partial charge in [-0.05, 0) is 24.3 Å². The Hall–Kier alpha value is -2.27. The van der Waals surface area contributed by atoms with Gasteiger partial charge in [-0.1, -0.05) is 23.7 Å². The summed E-state index contributed by atoms with van der Waals surface area (Å²) in [7, 11) is 1.26. The summed E-state index contributed by atoms with van der Waals surface area (Å²) in [5, 5.41) is 4.30. The number of hydrogen-bond donors (Lipinski definition) is 1. The van der Waals surface area contributed by atoms with Crippen LogP contribution in [0.3, 0.4) is 0 Å². The van der Waals surface area contributed by atoms with E-state index in [1.165, 1.54) is 13.3 Å². The molecule has 0 atom stereocenters. The molecule has 6 heteroatoms. The first-order chi connectivity index (χ1) is 9.19. The Balaban J connectivity index is 2.09. The van der Waals surface area contributed by atoms with Crippen LogP contribution in [-0.4, -0.2) is 19.4 Å². The molecule has 0 bridgehead atoms.